The zero-order chi connectivity index (χ0) is 11.6. The molecule has 0 aliphatic carbocycles. The number of alkyl halides is 2. The van der Waals surface area contributed by atoms with Crippen LogP contribution in [0.4, 0.5) is 8.78 Å². The first kappa shape index (κ1) is 12.1. The predicted molar refractivity (Wildman–Crippen MR) is 55.7 cm³/mol. The molecule has 1 aromatic rings. The molecule has 0 saturated heterocycles. The van der Waals surface area contributed by atoms with Crippen molar-refractivity contribution in [1.82, 2.24) is 0 Å². The third kappa shape index (κ3) is 2.34. The third-order valence-corrected chi connectivity index (χ3v) is 2.81. The zero-order valence-electron chi connectivity index (χ0n) is 8.18. The molecule has 0 aromatic heterocycles. The molecule has 82 valence electrons. The van der Waals surface area contributed by atoms with Crippen LogP contribution in [0.25, 0.3) is 0 Å². The van der Waals surface area contributed by atoms with E-state index in [1.807, 2.05) is 0 Å². The summed E-state index contributed by atoms with van der Waals surface area (Å²) in [7, 11) is 1.31. The lowest BCUT2D eigenvalue weighted by atomic mass is 10.1. The van der Waals surface area contributed by atoms with Crippen LogP contribution in [-0.2, 0) is 0 Å². The number of carbonyl (C=O) groups excluding carboxylic acids is 1. The fraction of sp³-hybridized carbons (Fsp3) is 0.300. The van der Waals surface area contributed by atoms with Crippen molar-refractivity contribution in [2.75, 3.05) is 7.11 Å². The van der Waals surface area contributed by atoms with E-state index in [9.17, 15) is 13.6 Å². The summed E-state index contributed by atoms with van der Waals surface area (Å²) in [6.45, 7) is 1.32. The van der Waals surface area contributed by atoms with Crippen LogP contribution in [0.2, 0.25) is 0 Å². The highest BCUT2D eigenvalue weighted by atomic mass is 79.9. The molecule has 0 heterocycles. The Morgan fingerprint density at radius 2 is 2.07 bits per heavy atom. The molecular formula is C10H9BrF2O2. The van der Waals surface area contributed by atoms with Crippen molar-refractivity contribution in [1.29, 1.82) is 0 Å². The minimum atomic E-state index is -2.69. The van der Waals surface area contributed by atoms with Gasteiger partial charge in [-0.15, -0.1) is 0 Å². The first-order chi connectivity index (χ1) is 6.99. The van der Waals surface area contributed by atoms with Gasteiger partial charge in [-0.3, -0.25) is 4.79 Å². The van der Waals surface area contributed by atoms with Gasteiger partial charge in [-0.25, -0.2) is 8.78 Å². The second-order valence-electron chi connectivity index (χ2n) is 2.90. The third-order valence-electron chi connectivity index (χ3n) is 1.96. The maximum atomic E-state index is 12.7. The summed E-state index contributed by atoms with van der Waals surface area (Å²) in [5, 5.41) is 0. The molecule has 0 radical (unpaired) electrons. The molecule has 0 aliphatic rings. The molecule has 0 amide bonds. The lowest BCUT2D eigenvalue weighted by Crippen LogP contribution is -2.00. The van der Waals surface area contributed by atoms with Crippen LogP contribution < -0.4 is 4.74 Å². The van der Waals surface area contributed by atoms with Gasteiger partial charge < -0.3 is 4.74 Å². The normalized spacial score (nSPS) is 10.5. The maximum Gasteiger partial charge on any atom is 0.268 e. The number of methoxy groups -OCH3 is 1. The van der Waals surface area contributed by atoms with Crippen LogP contribution in [-0.4, -0.2) is 12.9 Å². The Labute approximate surface area is 94.4 Å². The molecule has 5 heteroatoms. The summed E-state index contributed by atoms with van der Waals surface area (Å²) >= 11 is 2.99. The molecule has 15 heavy (non-hydrogen) atoms. The number of carbonyl (C=O) groups is 1. The quantitative estimate of drug-likeness (QED) is 0.790. The largest absolute Gasteiger partial charge is 0.496 e. The van der Waals surface area contributed by atoms with Gasteiger partial charge in [0, 0.05) is 10.0 Å². The van der Waals surface area contributed by atoms with Gasteiger partial charge in [-0.2, -0.15) is 0 Å². The summed E-state index contributed by atoms with van der Waals surface area (Å²) in [5.41, 5.74) is -0.0590. The standard InChI is InChI=1S/C10H9BrF2O2/c1-5(14)6-3-4-7(15-2)8(9(6)11)10(12)13/h3-4,10H,1-2H3. The van der Waals surface area contributed by atoms with Gasteiger partial charge in [0.2, 0.25) is 0 Å². The second kappa shape index (κ2) is 4.70. The van der Waals surface area contributed by atoms with Crippen molar-refractivity contribution in [2.45, 2.75) is 13.3 Å². The Hall–Kier alpha value is -0.970. The summed E-state index contributed by atoms with van der Waals surface area (Å²) in [6, 6.07) is 2.82. The van der Waals surface area contributed by atoms with Crippen LogP contribution >= 0.6 is 15.9 Å². The number of Topliss-reactive ketones (excluding diaryl/α,β-unsaturated/α-hetero) is 1. The molecule has 0 spiro atoms. The Balaban J connectivity index is 3.42. The predicted octanol–water partition coefficient (Wildman–Crippen LogP) is 3.60. The monoisotopic (exact) mass is 278 g/mol. The van der Waals surface area contributed by atoms with E-state index in [1.165, 1.54) is 26.2 Å². The molecule has 0 bridgehead atoms. The van der Waals surface area contributed by atoms with Crippen molar-refractivity contribution < 1.29 is 18.3 Å². The van der Waals surface area contributed by atoms with Crippen molar-refractivity contribution in [3.63, 3.8) is 0 Å². The van der Waals surface area contributed by atoms with E-state index in [2.05, 4.69) is 15.9 Å². The molecule has 1 rings (SSSR count). The Morgan fingerprint density at radius 3 is 2.47 bits per heavy atom. The van der Waals surface area contributed by atoms with Crippen molar-refractivity contribution >= 4 is 21.7 Å². The molecule has 1 aromatic carbocycles. The highest BCUT2D eigenvalue weighted by Crippen LogP contribution is 2.37. The minimum Gasteiger partial charge on any atom is -0.496 e. The van der Waals surface area contributed by atoms with E-state index in [0.29, 0.717) is 0 Å². The van der Waals surface area contributed by atoms with Gasteiger partial charge in [0.1, 0.15) is 5.75 Å². The number of rotatable bonds is 3. The number of hydrogen-bond donors (Lipinski definition) is 0. The fourth-order valence-corrected chi connectivity index (χ4v) is 2.01. The molecule has 0 N–H and O–H groups in total. The maximum absolute atomic E-state index is 12.7. The van der Waals surface area contributed by atoms with E-state index >= 15 is 0 Å². The Morgan fingerprint density at radius 1 is 1.47 bits per heavy atom. The number of halogens is 3. The molecule has 0 unspecified atom stereocenters. The second-order valence-corrected chi connectivity index (χ2v) is 3.69. The topological polar surface area (TPSA) is 26.3 Å². The molecule has 0 saturated carbocycles. The van der Waals surface area contributed by atoms with E-state index in [-0.39, 0.29) is 27.1 Å². The van der Waals surface area contributed by atoms with Crippen molar-refractivity contribution in [3.8, 4) is 5.75 Å². The SMILES string of the molecule is COc1ccc(C(C)=O)c(Br)c1C(F)F. The molecule has 0 fully saturated rings. The van der Waals surface area contributed by atoms with E-state index < -0.39 is 6.43 Å². The van der Waals surface area contributed by atoms with E-state index in [0.717, 1.165) is 0 Å². The summed E-state index contributed by atoms with van der Waals surface area (Å²) in [6.07, 6.45) is -2.69. The van der Waals surface area contributed by atoms with Gasteiger partial charge in [0.05, 0.1) is 12.7 Å². The van der Waals surface area contributed by atoms with Crippen LogP contribution in [0.5, 0.6) is 5.75 Å². The Kier molecular flexibility index (Phi) is 3.79. The Bertz CT molecular complexity index is 391. The highest BCUT2D eigenvalue weighted by molar-refractivity contribution is 9.10. The zero-order valence-corrected chi connectivity index (χ0v) is 9.77. The van der Waals surface area contributed by atoms with Crippen LogP contribution in [0.15, 0.2) is 16.6 Å². The van der Waals surface area contributed by atoms with Gasteiger partial charge >= 0.3 is 0 Å². The first-order valence-corrected chi connectivity index (χ1v) is 4.93. The lowest BCUT2D eigenvalue weighted by molar-refractivity contribution is 0.101. The summed E-state index contributed by atoms with van der Waals surface area (Å²) < 4.78 is 30.3. The van der Waals surface area contributed by atoms with Gasteiger partial charge in [-0.05, 0) is 35.0 Å². The van der Waals surface area contributed by atoms with Crippen molar-refractivity contribution in [2.24, 2.45) is 0 Å². The molecular weight excluding hydrogens is 270 g/mol. The van der Waals surface area contributed by atoms with Crippen LogP contribution in [0, 0.1) is 0 Å². The molecule has 0 aliphatic heterocycles. The number of ether oxygens (including phenoxy) is 1. The highest BCUT2D eigenvalue weighted by Gasteiger charge is 2.21. The van der Waals surface area contributed by atoms with Gasteiger partial charge in [0.15, 0.2) is 5.78 Å². The first-order valence-electron chi connectivity index (χ1n) is 4.14. The fourth-order valence-electron chi connectivity index (χ4n) is 1.23. The van der Waals surface area contributed by atoms with Gasteiger partial charge in [-0.1, -0.05) is 0 Å². The van der Waals surface area contributed by atoms with Crippen molar-refractivity contribution in [3.05, 3.63) is 27.7 Å². The minimum absolute atomic E-state index is 0.0712. The summed E-state index contributed by atoms with van der Waals surface area (Å²) in [5.74, 6) is -0.201. The van der Waals surface area contributed by atoms with Crippen LogP contribution in [0.1, 0.15) is 29.3 Å². The van der Waals surface area contributed by atoms with E-state index in [1.54, 1.807) is 0 Å². The van der Waals surface area contributed by atoms with E-state index in [4.69, 9.17) is 4.74 Å². The lowest BCUT2D eigenvalue weighted by Gasteiger charge is -2.12. The smallest absolute Gasteiger partial charge is 0.268 e. The summed E-state index contributed by atoms with van der Waals surface area (Å²) in [4.78, 5) is 11.1. The average molecular weight is 279 g/mol. The number of hydrogen-bond acceptors (Lipinski definition) is 2. The molecule has 2 nitrogen and oxygen atoms in total. The molecule has 0 atom stereocenters. The average Bonchev–Trinajstić information content (AvgIpc) is 2.15. The van der Waals surface area contributed by atoms with Gasteiger partial charge in [0.25, 0.3) is 6.43 Å². The number of benzene rings is 1. The van der Waals surface area contributed by atoms with Crippen LogP contribution in [0.3, 0.4) is 0 Å². The number of ketones is 1.